The van der Waals surface area contributed by atoms with Gasteiger partial charge in [-0.05, 0) is 40.9 Å². The van der Waals surface area contributed by atoms with Crippen LogP contribution in [-0.4, -0.2) is 23.4 Å². The van der Waals surface area contributed by atoms with E-state index in [0.29, 0.717) is 12.5 Å². The summed E-state index contributed by atoms with van der Waals surface area (Å²) in [6.07, 6.45) is 4.81. The van der Waals surface area contributed by atoms with Crippen molar-refractivity contribution in [3.8, 4) is 0 Å². The largest absolute Gasteiger partial charge is 0.388 e. The van der Waals surface area contributed by atoms with Gasteiger partial charge in [-0.15, -0.1) is 0 Å². The molecule has 3 N–H and O–H groups in total. The van der Waals surface area contributed by atoms with E-state index in [-0.39, 0.29) is 5.84 Å². The van der Waals surface area contributed by atoms with Crippen LogP contribution in [0.5, 0.6) is 0 Å². The van der Waals surface area contributed by atoms with Gasteiger partial charge < -0.3 is 10.6 Å². The van der Waals surface area contributed by atoms with Gasteiger partial charge in [0.1, 0.15) is 5.82 Å². The van der Waals surface area contributed by atoms with Crippen LogP contribution in [0.15, 0.2) is 22.8 Å². The monoisotopic (exact) mass is 282 g/mol. The molecule has 4 nitrogen and oxygen atoms in total. The Morgan fingerprint density at radius 2 is 2.38 bits per heavy atom. The Morgan fingerprint density at radius 1 is 1.62 bits per heavy atom. The van der Waals surface area contributed by atoms with E-state index in [4.69, 9.17) is 11.1 Å². The lowest BCUT2D eigenvalue weighted by Gasteiger charge is -2.24. The van der Waals surface area contributed by atoms with Crippen molar-refractivity contribution < 1.29 is 0 Å². The highest BCUT2D eigenvalue weighted by atomic mass is 79.9. The first-order valence-electron chi connectivity index (χ1n) is 5.38. The van der Waals surface area contributed by atoms with E-state index in [9.17, 15) is 0 Å². The Hall–Kier alpha value is -1.10. The molecular weight excluding hydrogens is 268 g/mol. The zero-order valence-corrected chi connectivity index (χ0v) is 10.6. The minimum Gasteiger partial charge on any atom is -0.388 e. The number of hydrogen-bond donors (Lipinski definition) is 2. The first kappa shape index (κ1) is 11.4. The molecule has 0 spiro atoms. The Bertz CT molecular complexity index is 389. The number of rotatable bonds is 5. The molecule has 1 aromatic heterocycles. The van der Waals surface area contributed by atoms with E-state index in [1.54, 1.807) is 6.20 Å². The molecule has 1 aliphatic rings. The average Bonchev–Trinajstić information content (AvgIpc) is 3.04. The molecule has 1 fully saturated rings. The molecule has 0 aromatic carbocycles. The summed E-state index contributed by atoms with van der Waals surface area (Å²) in [7, 11) is 0. The SMILES string of the molecule is N=C(N)CCN(c1ncccc1Br)C1CC1. The van der Waals surface area contributed by atoms with Gasteiger partial charge >= 0.3 is 0 Å². The van der Waals surface area contributed by atoms with Crippen molar-refractivity contribution >= 4 is 27.6 Å². The molecular formula is C11H15BrN4. The van der Waals surface area contributed by atoms with E-state index in [1.807, 2.05) is 12.1 Å². The average molecular weight is 283 g/mol. The third kappa shape index (κ3) is 2.72. The maximum Gasteiger partial charge on any atom is 0.143 e. The van der Waals surface area contributed by atoms with Gasteiger partial charge in [0.25, 0.3) is 0 Å². The first-order chi connectivity index (χ1) is 7.68. The van der Waals surface area contributed by atoms with Crippen LogP contribution in [0.1, 0.15) is 19.3 Å². The Balaban J connectivity index is 2.12. The summed E-state index contributed by atoms with van der Waals surface area (Å²) in [5.74, 6) is 1.20. The van der Waals surface area contributed by atoms with Gasteiger partial charge in [0, 0.05) is 25.2 Å². The zero-order chi connectivity index (χ0) is 11.5. The van der Waals surface area contributed by atoms with Crippen LogP contribution in [0.3, 0.4) is 0 Å². The Kier molecular flexibility index (Phi) is 3.43. The number of halogens is 1. The van der Waals surface area contributed by atoms with Crippen LogP contribution < -0.4 is 10.6 Å². The van der Waals surface area contributed by atoms with Crippen LogP contribution >= 0.6 is 15.9 Å². The predicted octanol–water partition coefficient (Wildman–Crippen LogP) is 2.14. The minimum atomic E-state index is 0.234. The summed E-state index contributed by atoms with van der Waals surface area (Å²) in [6, 6.07) is 4.47. The summed E-state index contributed by atoms with van der Waals surface area (Å²) < 4.78 is 1.01. The van der Waals surface area contributed by atoms with Crippen molar-refractivity contribution in [3.63, 3.8) is 0 Å². The van der Waals surface area contributed by atoms with Gasteiger partial charge in [0.2, 0.25) is 0 Å². The molecule has 0 bridgehead atoms. The molecule has 0 aliphatic heterocycles. The van der Waals surface area contributed by atoms with E-state index >= 15 is 0 Å². The van der Waals surface area contributed by atoms with Crippen LogP contribution in [0, 0.1) is 5.41 Å². The number of anilines is 1. The molecule has 1 aromatic rings. The molecule has 0 unspecified atom stereocenters. The lowest BCUT2D eigenvalue weighted by molar-refractivity contribution is 0.779. The molecule has 5 heteroatoms. The second-order valence-corrected chi connectivity index (χ2v) is 4.86. The zero-order valence-electron chi connectivity index (χ0n) is 8.99. The molecule has 16 heavy (non-hydrogen) atoms. The van der Waals surface area contributed by atoms with Gasteiger partial charge in [-0.1, -0.05) is 0 Å². The van der Waals surface area contributed by atoms with Crippen molar-refractivity contribution in [1.29, 1.82) is 5.41 Å². The summed E-state index contributed by atoms with van der Waals surface area (Å²) in [6.45, 7) is 0.773. The Labute approximate surface area is 103 Å². The van der Waals surface area contributed by atoms with Crippen molar-refractivity contribution in [3.05, 3.63) is 22.8 Å². The van der Waals surface area contributed by atoms with E-state index in [2.05, 4.69) is 25.8 Å². The van der Waals surface area contributed by atoms with Crippen LogP contribution in [0.4, 0.5) is 5.82 Å². The summed E-state index contributed by atoms with van der Waals surface area (Å²) in [5.41, 5.74) is 5.40. The van der Waals surface area contributed by atoms with Crippen molar-refractivity contribution in [2.75, 3.05) is 11.4 Å². The van der Waals surface area contributed by atoms with Gasteiger partial charge in [0.15, 0.2) is 0 Å². The number of nitrogens with one attached hydrogen (secondary N) is 1. The second kappa shape index (κ2) is 4.82. The molecule has 2 rings (SSSR count). The number of pyridine rings is 1. The molecule has 0 saturated heterocycles. The molecule has 86 valence electrons. The second-order valence-electron chi connectivity index (χ2n) is 4.01. The number of amidine groups is 1. The highest BCUT2D eigenvalue weighted by Crippen LogP contribution is 2.34. The van der Waals surface area contributed by atoms with E-state index < -0.39 is 0 Å². The summed E-state index contributed by atoms with van der Waals surface area (Å²) >= 11 is 3.51. The third-order valence-corrected chi connectivity index (χ3v) is 3.24. The minimum absolute atomic E-state index is 0.234. The lowest BCUT2D eigenvalue weighted by atomic mass is 10.3. The topological polar surface area (TPSA) is 66.0 Å². The number of aromatic nitrogens is 1. The number of hydrogen-bond acceptors (Lipinski definition) is 3. The highest BCUT2D eigenvalue weighted by Gasteiger charge is 2.30. The molecule has 0 amide bonds. The summed E-state index contributed by atoms with van der Waals surface area (Å²) in [5, 5.41) is 7.28. The third-order valence-electron chi connectivity index (χ3n) is 2.62. The quantitative estimate of drug-likeness (QED) is 0.642. The molecule has 1 aliphatic carbocycles. The summed E-state index contributed by atoms with van der Waals surface area (Å²) in [4.78, 5) is 6.63. The molecule has 1 saturated carbocycles. The number of nitrogens with zero attached hydrogens (tertiary/aromatic N) is 2. The van der Waals surface area contributed by atoms with Crippen LogP contribution in [0.25, 0.3) is 0 Å². The van der Waals surface area contributed by atoms with Gasteiger partial charge in [-0.25, -0.2) is 4.98 Å². The molecule has 1 heterocycles. The standard InChI is InChI=1S/C11H15BrN4/c12-9-2-1-6-15-11(9)16(8-3-4-8)7-5-10(13)14/h1-2,6,8H,3-5,7H2,(H3,13,14). The fourth-order valence-corrected chi connectivity index (χ4v) is 2.16. The van der Waals surface area contributed by atoms with Crippen molar-refractivity contribution in [2.45, 2.75) is 25.3 Å². The molecule has 0 atom stereocenters. The number of nitrogens with two attached hydrogens (primary N) is 1. The maximum absolute atomic E-state index is 7.28. The predicted molar refractivity (Wildman–Crippen MR) is 68.8 cm³/mol. The van der Waals surface area contributed by atoms with Crippen LogP contribution in [-0.2, 0) is 0 Å². The Morgan fingerprint density at radius 3 is 2.94 bits per heavy atom. The smallest absolute Gasteiger partial charge is 0.143 e. The normalized spacial score (nSPS) is 14.8. The van der Waals surface area contributed by atoms with E-state index in [0.717, 1.165) is 16.8 Å². The van der Waals surface area contributed by atoms with Gasteiger partial charge in [-0.3, -0.25) is 5.41 Å². The van der Waals surface area contributed by atoms with Crippen molar-refractivity contribution in [2.24, 2.45) is 5.73 Å². The highest BCUT2D eigenvalue weighted by molar-refractivity contribution is 9.10. The fourth-order valence-electron chi connectivity index (χ4n) is 1.68. The van der Waals surface area contributed by atoms with Gasteiger partial charge in [0.05, 0.1) is 10.3 Å². The van der Waals surface area contributed by atoms with Crippen molar-refractivity contribution in [1.82, 2.24) is 4.98 Å². The molecule has 0 radical (unpaired) electrons. The lowest BCUT2D eigenvalue weighted by Crippen LogP contribution is -2.30. The first-order valence-corrected chi connectivity index (χ1v) is 6.18. The van der Waals surface area contributed by atoms with Gasteiger partial charge in [-0.2, -0.15) is 0 Å². The fraction of sp³-hybridized carbons (Fsp3) is 0.455. The van der Waals surface area contributed by atoms with E-state index in [1.165, 1.54) is 12.8 Å². The van der Waals surface area contributed by atoms with Crippen LogP contribution in [0.2, 0.25) is 0 Å². The maximum atomic E-state index is 7.28.